The van der Waals surface area contributed by atoms with Crippen LogP contribution in [0.3, 0.4) is 0 Å². The number of halogens is 1. The number of amides is 1. The number of rotatable bonds is 5. The van der Waals surface area contributed by atoms with Gasteiger partial charge in [-0.25, -0.2) is 0 Å². The molecular formula is C27H28BrNO3. The predicted molar refractivity (Wildman–Crippen MR) is 130 cm³/mol. The molecule has 166 valence electrons. The fourth-order valence-corrected chi connectivity index (χ4v) is 4.31. The fourth-order valence-electron chi connectivity index (χ4n) is 3.91. The zero-order chi connectivity index (χ0) is 22.7. The molecule has 0 radical (unpaired) electrons. The third kappa shape index (κ3) is 5.52. The van der Waals surface area contributed by atoms with E-state index < -0.39 is 0 Å². The van der Waals surface area contributed by atoms with Gasteiger partial charge in [0, 0.05) is 16.6 Å². The molecule has 5 heteroatoms. The van der Waals surface area contributed by atoms with E-state index in [1.54, 1.807) is 0 Å². The van der Waals surface area contributed by atoms with Crippen LogP contribution in [0, 0.1) is 0 Å². The maximum atomic E-state index is 13.4. The Hall–Kier alpha value is -2.79. The van der Waals surface area contributed by atoms with Gasteiger partial charge in [-0.15, -0.1) is 0 Å². The molecule has 1 heterocycles. The molecule has 3 aromatic rings. The predicted octanol–water partition coefficient (Wildman–Crippen LogP) is 6.27. The van der Waals surface area contributed by atoms with Crippen molar-refractivity contribution in [3.05, 3.63) is 94.0 Å². The molecule has 0 N–H and O–H groups in total. The van der Waals surface area contributed by atoms with E-state index in [-0.39, 0.29) is 17.6 Å². The van der Waals surface area contributed by atoms with Crippen LogP contribution in [-0.4, -0.2) is 29.1 Å². The van der Waals surface area contributed by atoms with E-state index in [1.807, 2.05) is 80.3 Å². The summed E-state index contributed by atoms with van der Waals surface area (Å²) < 4.78 is 12.9. The minimum atomic E-state index is -0.245. The molecule has 0 bridgehead atoms. The molecule has 0 saturated heterocycles. The molecule has 1 aliphatic heterocycles. The number of nitrogens with zero attached hydrogens (tertiary/aromatic N) is 1. The molecule has 0 spiro atoms. The minimum absolute atomic E-state index is 0.0170. The summed E-state index contributed by atoms with van der Waals surface area (Å²) >= 11 is 3.47. The van der Waals surface area contributed by atoms with E-state index in [9.17, 15) is 4.79 Å². The highest BCUT2D eigenvalue weighted by Gasteiger charge is 2.31. The molecule has 0 saturated carbocycles. The highest BCUT2D eigenvalue weighted by atomic mass is 79.9. The van der Waals surface area contributed by atoms with Crippen molar-refractivity contribution in [1.82, 2.24) is 4.90 Å². The summed E-state index contributed by atoms with van der Waals surface area (Å²) in [4.78, 5) is 15.3. The van der Waals surface area contributed by atoms with E-state index in [0.717, 1.165) is 22.4 Å². The normalized spacial score (nSPS) is 15.8. The van der Waals surface area contributed by atoms with Gasteiger partial charge in [0.25, 0.3) is 5.91 Å². The molecule has 1 unspecified atom stereocenters. The van der Waals surface area contributed by atoms with Gasteiger partial charge in [-0.2, -0.15) is 0 Å². The Morgan fingerprint density at radius 1 is 0.969 bits per heavy atom. The largest absolute Gasteiger partial charge is 0.491 e. The van der Waals surface area contributed by atoms with Crippen LogP contribution in [0.25, 0.3) is 0 Å². The molecule has 0 fully saturated rings. The zero-order valence-corrected chi connectivity index (χ0v) is 20.3. The van der Waals surface area contributed by atoms with Gasteiger partial charge in [0.15, 0.2) is 0 Å². The molecule has 1 atom stereocenters. The average Bonchev–Trinajstić information content (AvgIpc) is 2.76. The number of carbonyl (C=O) groups is 1. The number of fused-ring (bicyclic) bond motifs is 1. The Bertz CT molecular complexity index is 1090. The molecule has 32 heavy (non-hydrogen) atoms. The van der Waals surface area contributed by atoms with Gasteiger partial charge in [-0.1, -0.05) is 46.3 Å². The Morgan fingerprint density at radius 2 is 1.66 bits per heavy atom. The second kappa shape index (κ2) is 9.37. The lowest BCUT2D eigenvalue weighted by atomic mass is 9.93. The monoisotopic (exact) mass is 493 g/mol. The molecule has 4 nitrogen and oxygen atoms in total. The lowest BCUT2D eigenvalue weighted by Crippen LogP contribution is -2.47. The Labute approximate surface area is 198 Å². The Morgan fingerprint density at radius 3 is 2.34 bits per heavy atom. The van der Waals surface area contributed by atoms with E-state index in [1.165, 1.54) is 11.1 Å². The first kappa shape index (κ1) is 22.4. The van der Waals surface area contributed by atoms with Gasteiger partial charge in [0.05, 0.1) is 6.04 Å². The van der Waals surface area contributed by atoms with Crippen LogP contribution in [0.1, 0.15) is 42.3 Å². The molecule has 0 aromatic heterocycles. The van der Waals surface area contributed by atoms with Crippen molar-refractivity contribution in [2.24, 2.45) is 0 Å². The third-order valence-electron chi connectivity index (χ3n) is 5.38. The number of benzene rings is 3. The van der Waals surface area contributed by atoms with E-state index in [2.05, 4.69) is 34.1 Å². The molecular weight excluding hydrogens is 466 g/mol. The summed E-state index contributed by atoms with van der Waals surface area (Å²) in [6, 6.07) is 23.5. The van der Waals surface area contributed by atoms with E-state index in [4.69, 9.17) is 9.47 Å². The van der Waals surface area contributed by atoms with Crippen molar-refractivity contribution in [2.75, 3.05) is 6.61 Å². The maximum Gasteiger partial charge on any atom is 0.254 e. The molecule has 3 aromatic carbocycles. The lowest BCUT2D eigenvalue weighted by molar-refractivity contribution is 0.0566. The smallest absolute Gasteiger partial charge is 0.254 e. The van der Waals surface area contributed by atoms with Crippen LogP contribution >= 0.6 is 15.9 Å². The van der Waals surface area contributed by atoms with Crippen molar-refractivity contribution in [3.8, 4) is 11.5 Å². The van der Waals surface area contributed by atoms with Crippen molar-refractivity contribution < 1.29 is 14.3 Å². The molecule has 1 aliphatic rings. The topological polar surface area (TPSA) is 38.8 Å². The highest BCUT2D eigenvalue weighted by Crippen LogP contribution is 2.27. The van der Waals surface area contributed by atoms with Gasteiger partial charge in [0.2, 0.25) is 0 Å². The van der Waals surface area contributed by atoms with Crippen molar-refractivity contribution in [1.29, 1.82) is 0 Å². The SMILES string of the molecule is CC(C)(C)Oc1ccc(OCC2Cc3ccccc3CN2C(=O)c2cccc(Br)c2)cc1. The first-order chi connectivity index (χ1) is 15.3. The summed E-state index contributed by atoms with van der Waals surface area (Å²) in [6.45, 7) is 7.07. The van der Waals surface area contributed by atoms with Gasteiger partial charge in [-0.3, -0.25) is 4.79 Å². The first-order valence-corrected chi connectivity index (χ1v) is 11.6. The van der Waals surface area contributed by atoms with Crippen LogP contribution in [0.15, 0.2) is 77.3 Å². The zero-order valence-electron chi connectivity index (χ0n) is 18.7. The van der Waals surface area contributed by atoms with Crippen LogP contribution in [0.4, 0.5) is 0 Å². The number of hydrogen-bond donors (Lipinski definition) is 0. The van der Waals surface area contributed by atoms with Crippen LogP contribution in [0.2, 0.25) is 0 Å². The van der Waals surface area contributed by atoms with Crippen LogP contribution in [-0.2, 0) is 13.0 Å². The second-order valence-corrected chi connectivity index (χ2v) is 9.98. The molecule has 0 aliphatic carbocycles. The maximum absolute atomic E-state index is 13.4. The standard InChI is InChI=1S/C27H28BrNO3/c1-27(2,3)32-25-13-11-24(12-14-25)31-18-23-16-19-7-4-5-8-21(19)17-29(23)26(30)20-9-6-10-22(28)15-20/h4-15,23H,16-18H2,1-3H3. The quantitative estimate of drug-likeness (QED) is 0.420. The minimum Gasteiger partial charge on any atom is -0.491 e. The first-order valence-electron chi connectivity index (χ1n) is 10.8. The Balaban J connectivity index is 1.51. The van der Waals surface area contributed by atoms with Crippen LogP contribution in [0.5, 0.6) is 11.5 Å². The number of ether oxygens (including phenoxy) is 2. The Kier molecular flexibility index (Phi) is 6.56. The summed E-state index contributed by atoms with van der Waals surface area (Å²) in [5, 5.41) is 0. The lowest BCUT2D eigenvalue weighted by Gasteiger charge is -2.37. The number of carbonyl (C=O) groups excluding carboxylic acids is 1. The van der Waals surface area contributed by atoms with Gasteiger partial charge >= 0.3 is 0 Å². The van der Waals surface area contributed by atoms with Gasteiger partial charge in [-0.05, 0) is 80.8 Å². The van der Waals surface area contributed by atoms with Crippen molar-refractivity contribution >= 4 is 21.8 Å². The summed E-state index contributed by atoms with van der Waals surface area (Å²) in [5.74, 6) is 1.59. The van der Waals surface area contributed by atoms with E-state index in [0.29, 0.717) is 18.7 Å². The second-order valence-electron chi connectivity index (χ2n) is 9.07. The van der Waals surface area contributed by atoms with Gasteiger partial charge < -0.3 is 14.4 Å². The summed E-state index contributed by atoms with van der Waals surface area (Å²) in [6.07, 6.45) is 0.765. The van der Waals surface area contributed by atoms with Crippen LogP contribution < -0.4 is 9.47 Å². The van der Waals surface area contributed by atoms with Gasteiger partial charge in [0.1, 0.15) is 23.7 Å². The van der Waals surface area contributed by atoms with Crippen molar-refractivity contribution in [2.45, 2.75) is 45.4 Å². The molecule has 1 amide bonds. The number of hydrogen-bond acceptors (Lipinski definition) is 3. The average molecular weight is 494 g/mol. The molecule has 4 rings (SSSR count). The van der Waals surface area contributed by atoms with E-state index >= 15 is 0 Å². The summed E-state index contributed by atoms with van der Waals surface area (Å²) in [5.41, 5.74) is 2.89. The fraction of sp³-hybridized carbons (Fsp3) is 0.296. The summed E-state index contributed by atoms with van der Waals surface area (Å²) in [7, 11) is 0. The highest BCUT2D eigenvalue weighted by molar-refractivity contribution is 9.10. The van der Waals surface area contributed by atoms with Crippen molar-refractivity contribution in [3.63, 3.8) is 0 Å². The third-order valence-corrected chi connectivity index (χ3v) is 5.87.